The number of anilines is 1. The molecule has 1 N–H and O–H groups in total. The van der Waals surface area contributed by atoms with E-state index >= 15 is 0 Å². The molecule has 0 aliphatic heterocycles. The van der Waals surface area contributed by atoms with Crippen LogP contribution in [0.5, 0.6) is 34.5 Å². The molecule has 0 atom stereocenters. The van der Waals surface area contributed by atoms with Gasteiger partial charge in [0.2, 0.25) is 11.5 Å². The molecule has 10 nitrogen and oxygen atoms in total. The number of aromatic nitrogens is 2. The van der Waals surface area contributed by atoms with Gasteiger partial charge in [0.25, 0.3) is 10.0 Å². The molecule has 0 fully saturated rings. The first-order valence-corrected chi connectivity index (χ1v) is 13.7. The van der Waals surface area contributed by atoms with E-state index in [1.54, 1.807) is 60.7 Å². The molecule has 0 radical (unpaired) electrons. The normalized spacial score (nSPS) is 11.2. The van der Waals surface area contributed by atoms with Crippen LogP contribution < -0.4 is 28.4 Å². The quantitative estimate of drug-likeness (QED) is 0.211. The second-order valence-corrected chi connectivity index (χ2v) is 9.97. The molecule has 0 saturated carbocycles. The van der Waals surface area contributed by atoms with Gasteiger partial charge in [0.1, 0.15) is 0 Å². The third-order valence-electron chi connectivity index (χ3n) is 5.51. The molecular formula is C28H26ClN3O7S. The minimum Gasteiger partial charge on any atom is -0.493 e. The van der Waals surface area contributed by atoms with Crippen molar-refractivity contribution in [2.45, 2.75) is 0 Å². The zero-order valence-corrected chi connectivity index (χ0v) is 23.6. The second-order valence-electron chi connectivity index (χ2n) is 8.04. The Morgan fingerprint density at radius 3 is 1.95 bits per heavy atom. The van der Waals surface area contributed by atoms with Crippen LogP contribution in [0.1, 0.15) is 5.56 Å². The van der Waals surface area contributed by atoms with E-state index in [1.807, 2.05) is 6.07 Å². The molecular weight excluding hydrogens is 558 g/mol. The summed E-state index contributed by atoms with van der Waals surface area (Å²) in [6.07, 6.45) is 1.45. The van der Waals surface area contributed by atoms with Gasteiger partial charge in [-0.1, -0.05) is 54.1 Å². The van der Waals surface area contributed by atoms with Crippen LogP contribution in [-0.2, 0) is 10.0 Å². The summed E-state index contributed by atoms with van der Waals surface area (Å²) >= 11 is 6.58. The highest BCUT2D eigenvalue weighted by Crippen LogP contribution is 2.43. The fourth-order valence-corrected chi connectivity index (χ4v) is 4.66. The molecule has 0 unspecified atom stereocenters. The van der Waals surface area contributed by atoms with E-state index in [0.29, 0.717) is 34.1 Å². The van der Waals surface area contributed by atoms with Crippen molar-refractivity contribution in [1.82, 2.24) is 9.97 Å². The predicted octanol–water partition coefficient (Wildman–Crippen LogP) is 6.04. The van der Waals surface area contributed by atoms with Gasteiger partial charge >= 0.3 is 0 Å². The van der Waals surface area contributed by atoms with Gasteiger partial charge in [-0.05, 0) is 35.9 Å². The van der Waals surface area contributed by atoms with Crippen molar-refractivity contribution in [2.24, 2.45) is 0 Å². The zero-order valence-electron chi connectivity index (χ0n) is 22.0. The van der Waals surface area contributed by atoms with Crippen LogP contribution in [0.2, 0.25) is 5.15 Å². The highest BCUT2D eigenvalue weighted by molar-refractivity contribution is 7.95. The Balaban J connectivity index is 1.84. The van der Waals surface area contributed by atoms with Gasteiger partial charge in [0.15, 0.2) is 39.8 Å². The Labute approximate surface area is 237 Å². The number of hydrogen-bond acceptors (Lipinski definition) is 9. The van der Waals surface area contributed by atoms with Crippen LogP contribution in [0.4, 0.5) is 5.82 Å². The zero-order chi connectivity index (χ0) is 28.7. The molecule has 0 aliphatic carbocycles. The monoisotopic (exact) mass is 583 g/mol. The molecule has 0 saturated heterocycles. The SMILES string of the molecule is COc1ccccc1Oc1c(Cl)nc(-c2cc(OC)c(OC)c(OC)c2)nc1NS(=O)(=O)C=Cc1ccccc1. The number of rotatable bonds is 11. The lowest BCUT2D eigenvalue weighted by Gasteiger charge is -2.17. The maximum absolute atomic E-state index is 13.1. The highest BCUT2D eigenvalue weighted by Gasteiger charge is 2.23. The minimum atomic E-state index is -4.08. The van der Waals surface area contributed by atoms with Crippen LogP contribution in [0.15, 0.2) is 72.1 Å². The largest absolute Gasteiger partial charge is 0.493 e. The third kappa shape index (κ3) is 6.56. The molecule has 0 spiro atoms. The lowest BCUT2D eigenvalue weighted by molar-refractivity contribution is 0.324. The molecule has 12 heteroatoms. The Morgan fingerprint density at radius 2 is 1.35 bits per heavy atom. The van der Waals surface area contributed by atoms with Gasteiger partial charge in [0.05, 0.1) is 33.8 Å². The van der Waals surface area contributed by atoms with Crippen molar-refractivity contribution >= 4 is 33.5 Å². The van der Waals surface area contributed by atoms with Gasteiger partial charge < -0.3 is 23.7 Å². The summed E-state index contributed by atoms with van der Waals surface area (Å²) < 4.78 is 56.2. The number of nitrogens with one attached hydrogen (secondary N) is 1. The number of methoxy groups -OCH3 is 4. The van der Waals surface area contributed by atoms with Crippen LogP contribution in [0, 0.1) is 0 Å². The number of para-hydroxylation sites is 2. The summed E-state index contributed by atoms with van der Waals surface area (Å²) in [7, 11) is 1.82. The summed E-state index contributed by atoms with van der Waals surface area (Å²) in [5, 5.41) is 0.860. The Morgan fingerprint density at radius 1 is 0.750 bits per heavy atom. The number of nitrogens with zero attached hydrogens (tertiary/aromatic N) is 2. The molecule has 3 aromatic carbocycles. The van der Waals surface area contributed by atoms with Gasteiger partial charge in [-0.25, -0.2) is 18.4 Å². The van der Waals surface area contributed by atoms with E-state index < -0.39 is 10.0 Å². The van der Waals surface area contributed by atoms with E-state index in [9.17, 15) is 8.42 Å². The topological polar surface area (TPSA) is 118 Å². The summed E-state index contributed by atoms with van der Waals surface area (Å²) in [6, 6.07) is 19.0. The van der Waals surface area contributed by atoms with Crippen LogP contribution in [-0.4, -0.2) is 46.8 Å². The van der Waals surface area contributed by atoms with E-state index in [2.05, 4.69) is 14.7 Å². The molecule has 4 aromatic rings. The molecule has 1 aromatic heterocycles. The van der Waals surface area contributed by atoms with Gasteiger partial charge in [-0.2, -0.15) is 0 Å². The summed E-state index contributed by atoms with van der Waals surface area (Å²) in [5.41, 5.74) is 1.11. The summed E-state index contributed by atoms with van der Waals surface area (Å²) in [4.78, 5) is 8.83. The highest BCUT2D eigenvalue weighted by atomic mass is 35.5. The average Bonchev–Trinajstić information content (AvgIpc) is 2.97. The Kier molecular flexibility index (Phi) is 8.97. The predicted molar refractivity (Wildman–Crippen MR) is 153 cm³/mol. The summed E-state index contributed by atoms with van der Waals surface area (Å²) in [5.74, 6) is 1.47. The van der Waals surface area contributed by atoms with E-state index in [0.717, 1.165) is 5.41 Å². The number of ether oxygens (including phenoxy) is 5. The average molecular weight is 584 g/mol. The van der Waals surface area contributed by atoms with E-state index in [1.165, 1.54) is 34.5 Å². The first-order valence-electron chi connectivity index (χ1n) is 11.7. The molecule has 40 heavy (non-hydrogen) atoms. The maximum Gasteiger partial charge on any atom is 0.256 e. The lowest BCUT2D eigenvalue weighted by Crippen LogP contribution is -2.12. The van der Waals surface area contributed by atoms with Crippen LogP contribution in [0.25, 0.3) is 17.5 Å². The van der Waals surface area contributed by atoms with E-state index in [-0.39, 0.29) is 28.3 Å². The fourth-order valence-electron chi connectivity index (χ4n) is 3.64. The Bertz CT molecular complexity index is 1610. The number of halogens is 1. The lowest BCUT2D eigenvalue weighted by atomic mass is 10.1. The van der Waals surface area contributed by atoms with Crippen molar-refractivity contribution in [1.29, 1.82) is 0 Å². The Hall–Kier alpha value is -4.48. The summed E-state index contributed by atoms with van der Waals surface area (Å²) in [6.45, 7) is 0. The maximum atomic E-state index is 13.1. The smallest absolute Gasteiger partial charge is 0.256 e. The number of sulfonamides is 1. The number of benzene rings is 3. The van der Waals surface area contributed by atoms with Crippen molar-refractivity contribution in [3.63, 3.8) is 0 Å². The molecule has 0 aliphatic rings. The fraction of sp³-hybridized carbons (Fsp3) is 0.143. The molecule has 4 rings (SSSR count). The van der Waals surface area contributed by atoms with Gasteiger partial charge in [-0.3, -0.25) is 4.72 Å². The second kappa shape index (κ2) is 12.6. The first-order chi connectivity index (χ1) is 19.3. The van der Waals surface area contributed by atoms with Gasteiger partial charge in [-0.15, -0.1) is 0 Å². The van der Waals surface area contributed by atoms with E-state index in [4.69, 9.17) is 35.3 Å². The molecule has 0 bridgehead atoms. The van der Waals surface area contributed by atoms with Crippen LogP contribution >= 0.6 is 11.6 Å². The third-order valence-corrected chi connectivity index (χ3v) is 6.73. The van der Waals surface area contributed by atoms with Crippen molar-refractivity contribution in [3.05, 3.63) is 82.9 Å². The van der Waals surface area contributed by atoms with Crippen molar-refractivity contribution < 1.29 is 32.1 Å². The first kappa shape index (κ1) is 28.5. The van der Waals surface area contributed by atoms with Crippen molar-refractivity contribution in [3.8, 4) is 45.9 Å². The molecule has 0 amide bonds. The standard InChI is InChI=1S/C28H26ClN3O7S/c1-35-20-12-8-9-13-21(20)39-25-26(29)30-27(19-16-22(36-2)24(38-4)23(17-19)37-3)31-28(25)32-40(33,34)15-14-18-10-6-5-7-11-18/h5-17H,1-4H3,(H,30,31,32). The molecule has 208 valence electrons. The molecule has 1 heterocycles. The minimum absolute atomic E-state index is 0.0707. The van der Waals surface area contributed by atoms with Crippen molar-refractivity contribution in [2.75, 3.05) is 33.2 Å². The van der Waals surface area contributed by atoms with Crippen LogP contribution in [0.3, 0.4) is 0 Å². The van der Waals surface area contributed by atoms with Gasteiger partial charge in [0, 0.05) is 5.56 Å². The number of hydrogen-bond donors (Lipinski definition) is 1.